The van der Waals surface area contributed by atoms with E-state index < -0.39 is 11.7 Å². The van der Waals surface area contributed by atoms with Gasteiger partial charge in [0, 0.05) is 41.1 Å². The van der Waals surface area contributed by atoms with Gasteiger partial charge in [0.25, 0.3) is 5.56 Å². The minimum absolute atomic E-state index is 0.246. The molecule has 5 rings (SSSR count). The van der Waals surface area contributed by atoms with E-state index in [-0.39, 0.29) is 5.56 Å². The first-order valence-electron chi connectivity index (χ1n) is 9.29. The highest BCUT2D eigenvalue weighted by Crippen LogP contribution is 2.30. The van der Waals surface area contributed by atoms with E-state index in [0.717, 1.165) is 34.2 Å². The normalized spacial score (nSPS) is 11.8. The first kappa shape index (κ1) is 18.9. The van der Waals surface area contributed by atoms with Gasteiger partial charge in [0.1, 0.15) is 0 Å². The molecule has 2 aromatic carbocycles. The minimum atomic E-state index is -4.38. The van der Waals surface area contributed by atoms with Crippen LogP contribution in [0.15, 0.2) is 84.2 Å². The first-order valence-corrected chi connectivity index (χ1v) is 9.29. The Morgan fingerprint density at radius 3 is 2.48 bits per heavy atom. The molecule has 0 fully saturated rings. The third kappa shape index (κ3) is 3.39. The maximum Gasteiger partial charge on any atom is 0.416 e. The Balaban J connectivity index is 1.52. The van der Waals surface area contributed by atoms with Crippen molar-refractivity contribution in [2.24, 2.45) is 0 Å². The van der Waals surface area contributed by atoms with Crippen LogP contribution >= 0.6 is 0 Å². The lowest BCUT2D eigenvalue weighted by Gasteiger charge is -2.07. The number of H-pyrrole nitrogens is 1. The van der Waals surface area contributed by atoms with Gasteiger partial charge in [-0.3, -0.25) is 4.79 Å². The molecule has 0 saturated carbocycles. The molecule has 0 spiro atoms. The summed E-state index contributed by atoms with van der Waals surface area (Å²) >= 11 is 0. The van der Waals surface area contributed by atoms with Gasteiger partial charge in [0.2, 0.25) is 0 Å². The smallest absolute Gasteiger partial charge is 0.359 e. The van der Waals surface area contributed by atoms with Crippen molar-refractivity contribution < 1.29 is 13.2 Å². The molecule has 0 unspecified atom stereocenters. The predicted octanol–water partition coefficient (Wildman–Crippen LogP) is 4.59. The standard InChI is InChI=1S/C22H14F3N5O/c23-22(24,25)16-4-6-17(7-5-16)29-13-15(11-28-29)14-3-8-19-18(10-14)20(12-26-19)30-21(31)2-1-9-27-30/h1-13,26H. The molecule has 0 amide bonds. The lowest BCUT2D eigenvalue weighted by atomic mass is 10.1. The summed E-state index contributed by atoms with van der Waals surface area (Å²) in [5, 5.41) is 9.21. The van der Waals surface area contributed by atoms with E-state index in [9.17, 15) is 18.0 Å². The summed E-state index contributed by atoms with van der Waals surface area (Å²) in [6.45, 7) is 0. The molecule has 0 aliphatic carbocycles. The van der Waals surface area contributed by atoms with E-state index in [1.54, 1.807) is 24.7 Å². The Morgan fingerprint density at radius 1 is 0.935 bits per heavy atom. The molecule has 31 heavy (non-hydrogen) atoms. The van der Waals surface area contributed by atoms with E-state index in [4.69, 9.17) is 0 Å². The number of nitrogens with zero attached hydrogens (tertiary/aromatic N) is 4. The summed E-state index contributed by atoms with van der Waals surface area (Å²) in [6.07, 6.45) is 2.25. The number of aromatic amines is 1. The van der Waals surface area contributed by atoms with Crippen molar-refractivity contribution in [2.45, 2.75) is 6.18 Å². The number of nitrogens with one attached hydrogen (secondary N) is 1. The van der Waals surface area contributed by atoms with Crippen LogP contribution in [0.5, 0.6) is 0 Å². The van der Waals surface area contributed by atoms with Crippen molar-refractivity contribution in [3.05, 3.63) is 95.3 Å². The van der Waals surface area contributed by atoms with Gasteiger partial charge in [-0.15, -0.1) is 0 Å². The van der Waals surface area contributed by atoms with E-state index in [1.165, 1.54) is 33.8 Å². The average molecular weight is 421 g/mol. The highest BCUT2D eigenvalue weighted by atomic mass is 19.4. The number of halogens is 3. The first-order chi connectivity index (χ1) is 14.9. The summed E-state index contributed by atoms with van der Waals surface area (Å²) in [7, 11) is 0. The summed E-state index contributed by atoms with van der Waals surface area (Å²) in [4.78, 5) is 15.3. The van der Waals surface area contributed by atoms with E-state index in [2.05, 4.69) is 15.2 Å². The summed E-state index contributed by atoms with van der Waals surface area (Å²) in [6, 6.07) is 13.5. The van der Waals surface area contributed by atoms with E-state index in [0.29, 0.717) is 11.4 Å². The van der Waals surface area contributed by atoms with Crippen LogP contribution < -0.4 is 5.56 Å². The van der Waals surface area contributed by atoms with E-state index in [1.807, 2.05) is 18.2 Å². The molecule has 6 nitrogen and oxygen atoms in total. The Hall–Kier alpha value is -4.14. The van der Waals surface area contributed by atoms with Crippen molar-refractivity contribution in [3.8, 4) is 22.5 Å². The molecule has 154 valence electrons. The number of rotatable bonds is 3. The molecule has 0 saturated heterocycles. The number of alkyl halides is 3. The SMILES string of the molecule is O=c1cccnn1-c1c[nH]c2ccc(-c3cnn(-c4ccc(C(F)(F)F)cc4)c3)cc12. The van der Waals surface area contributed by atoms with Gasteiger partial charge < -0.3 is 4.98 Å². The van der Waals surface area contributed by atoms with Crippen LogP contribution in [0.4, 0.5) is 13.2 Å². The molecule has 0 bridgehead atoms. The second kappa shape index (κ2) is 6.98. The molecule has 3 aromatic heterocycles. The molecule has 5 aromatic rings. The number of benzene rings is 2. The number of hydrogen-bond acceptors (Lipinski definition) is 3. The molecule has 3 heterocycles. The quantitative estimate of drug-likeness (QED) is 0.464. The molecular weight excluding hydrogens is 407 g/mol. The number of hydrogen-bond donors (Lipinski definition) is 1. The zero-order valence-corrected chi connectivity index (χ0v) is 15.8. The zero-order chi connectivity index (χ0) is 21.6. The van der Waals surface area contributed by atoms with Gasteiger partial charge in [0.05, 0.1) is 23.1 Å². The van der Waals surface area contributed by atoms with Crippen molar-refractivity contribution in [2.75, 3.05) is 0 Å². The fourth-order valence-electron chi connectivity index (χ4n) is 3.42. The fourth-order valence-corrected chi connectivity index (χ4v) is 3.42. The van der Waals surface area contributed by atoms with Crippen LogP contribution in [0.25, 0.3) is 33.4 Å². The Kier molecular flexibility index (Phi) is 4.25. The lowest BCUT2D eigenvalue weighted by Crippen LogP contribution is -2.18. The predicted molar refractivity (Wildman–Crippen MR) is 109 cm³/mol. The Bertz CT molecular complexity index is 1440. The van der Waals surface area contributed by atoms with Crippen molar-refractivity contribution in [1.29, 1.82) is 0 Å². The van der Waals surface area contributed by atoms with Gasteiger partial charge in [-0.25, -0.2) is 4.68 Å². The molecule has 0 aliphatic rings. The molecule has 1 N–H and O–H groups in total. The Labute approximate surface area is 173 Å². The van der Waals surface area contributed by atoms with Crippen LogP contribution in [0.1, 0.15) is 5.56 Å². The summed E-state index contributed by atoms with van der Waals surface area (Å²) in [5.74, 6) is 0. The molecule has 0 aliphatic heterocycles. The van der Waals surface area contributed by atoms with Gasteiger partial charge in [-0.1, -0.05) is 6.07 Å². The highest BCUT2D eigenvalue weighted by molar-refractivity contribution is 5.91. The molecule has 0 atom stereocenters. The van der Waals surface area contributed by atoms with Crippen molar-refractivity contribution in [3.63, 3.8) is 0 Å². The third-order valence-corrected chi connectivity index (χ3v) is 4.98. The maximum atomic E-state index is 12.8. The van der Waals surface area contributed by atoms with E-state index >= 15 is 0 Å². The number of fused-ring (bicyclic) bond motifs is 1. The summed E-state index contributed by atoms with van der Waals surface area (Å²) in [5.41, 5.74) is 2.65. The second-order valence-corrected chi connectivity index (χ2v) is 6.93. The largest absolute Gasteiger partial charge is 0.416 e. The van der Waals surface area contributed by atoms with Crippen LogP contribution in [-0.2, 0) is 6.18 Å². The third-order valence-electron chi connectivity index (χ3n) is 4.98. The Morgan fingerprint density at radius 2 is 1.74 bits per heavy atom. The highest BCUT2D eigenvalue weighted by Gasteiger charge is 2.30. The number of aromatic nitrogens is 5. The van der Waals surface area contributed by atoms with Gasteiger partial charge in [0.15, 0.2) is 0 Å². The lowest BCUT2D eigenvalue weighted by molar-refractivity contribution is -0.137. The summed E-state index contributed by atoms with van der Waals surface area (Å²) < 4.78 is 41.2. The van der Waals surface area contributed by atoms with Crippen molar-refractivity contribution in [1.82, 2.24) is 24.5 Å². The van der Waals surface area contributed by atoms with Crippen LogP contribution in [-0.4, -0.2) is 24.5 Å². The zero-order valence-electron chi connectivity index (χ0n) is 15.8. The maximum absolute atomic E-state index is 12.8. The average Bonchev–Trinajstić information content (AvgIpc) is 3.41. The van der Waals surface area contributed by atoms with Gasteiger partial charge >= 0.3 is 6.18 Å². The van der Waals surface area contributed by atoms with Crippen molar-refractivity contribution >= 4 is 10.9 Å². The molecule has 0 radical (unpaired) electrons. The van der Waals surface area contributed by atoms with Crippen LogP contribution in [0.3, 0.4) is 0 Å². The topological polar surface area (TPSA) is 68.5 Å². The minimum Gasteiger partial charge on any atom is -0.359 e. The molecular formula is C22H14F3N5O. The van der Waals surface area contributed by atoms with Crippen LogP contribution in [0, 0.1) is 0 Å². The van der Waals surface area contributed by atoms with Gasteiger partial charge in [-0.2, -0.15) is 28.1 Å². The second-order valence-electron chi connectivity index (χ2n) is 6.93. The van der Waals surface area contributed by atoms with Crippen LogP contribution in [0.2, 0.25) is 0 Å². The van der Waals surface area contributed by atoms with Gasteiger partial charge in [-0.05, 0) is 48.0 Å². The monoisotopic (exact) mass is 421 g/mol. The molecule has 9 heteroatoms. The fraction of sp³-hybridized carbons (Fsp3) is 0.0455.